The van der Waals surface area contributed by atoms with Gasteiger partial charge in [-0.1, -0.05) is 37.3 Å². The van der Waals surface area contributed by atoms with Gasteiger partial charge in [0.15, 0.2) is 5.96 Å². The van der Waals surface area contributed by atoms with Crippen LogP contribution >= 0.6 is 24.0 Å². The molecule has 0 unspecified atom stereocenters. The Hall–Kier alpha value is -0.860. The second-order valence-electron chi connectivity index (χ2n) is 7.34. The van der Waals surface area contributed by atoms with Gasteiger partial charge in [0.05, 0.1) is 0 Å². The number of guanidine groups is 1. The third-order valence-corrected chi connectivity index (χ3v) is 5.00. The molecule has 0 radical (unpaired) electrons. The van der Waals surface area contributed by atoms with E-state index in [0.717, 1.165) is 32.0 Å². The maximum atomic E-state index is 4.39. The van der Waals surface area contributed by atoms with Gasteiger partial charge < -0.3 is 20.4 Å². The van der Waals surface area contributed by atoms with Gasteiger partial charge in [-0.05, 0) is 51.4 Å². The maximum absolute atomic E-state index is 4.39. The molecule has 154 valence electrons. The first-order valence-electron chi connectivity index (χ1n) is 10.1. The fourth-order valence-electron chi connectivity index (χ4n) is 3.54. The molecule has 1 aromatic rings. The van der Waals surface area contributed by atoms with Crippen LogP contribution in [0.1, 0.15) is 38.2 Å². The third-order valence-electron chi connectivity index (χ3n) is 5.00. The zero-order valence-corrected chi connectivity index (χ0v) is 19.6. The van der Waals surface area contributed by atoms with E-state index in [1.807, 2.05) is 7.05 Å². The van der Waals surface area contributed by atoms with Crippen molar-refractivity contribution in [1.82, 2.24) is 20.4 Å². The maximum Gasteiger partial charge on any atom is 0.191 e. The Morgan fingerprint density at radius 2 is 1.93 bits per heavy atom. The van der Waals surface area contributed by atoms with Gasteiger partial charge in [-0.25, -0.2) is 0 Å². The summed E-state index contributed by atoms with van der Waals surface area (Å²) in [6, 6.07) is 11.2. The first-order chi connectivity index (χ1) is 12.7. The lowest BCUT2D eigenvalue weighted by Gasteiger charge is -2.32. The quantitative estimate of drug-likeness (QED) is 0.243. The van der Waals surface area contributed by atoms with Crippen molar-refractivity contribution in [3.63, 3.8) is 0 Å². The lowest BCUT2D eigenvalue weighted by atomic mass is 10.1. The zero-order valence-electron chi connectivity index (χ0n) is 17.3. The van der Waals surface area contributed by atoms with Crippen LogP contribution in [0.25, 0.3) is 0 Å². The Morgan fingerprint density at radius 1 is 1.22 bits per heavy atom. The molecule has 0 bridgehead atoms. The third kappa shape index (κ3) is 9.76. The Morgan fingerprint density at radius 3 is 2.56 bits per heavy atom. The molecule has 1 aliphatic rings. The molecule has 0 atom stereocenters. The molecule has 0 amide bonds. The van der Waals surface area contributed by atoms with E-state index in [1.165, 1.54) is 44.5 Å². The fourth-order valence-corrected chi connectivity index (χ4v) is 3.54. The summed E-state index contributed by atoms with van der Waals surface area (Å²) in [7, 11) is 4.05. The molecule has 1 aliphatic heterocycles. The lowest BCUT2D eigenvalue weighted by molar-refractivity contribution is 0.206. The molecule has 1 fully saturated rings. The number of hydrogen-bond donors (Lipinski definition) is 2. The predicted molar refractivity (Wildman–Crippen MR) is 127 cm³/mol. The van der Waals surface area contributed by atoms with Crippen LogP contribution in [0.4, 0.5) is 0 Å². The molecule has 2 N–H and O–H groups in total. The fraction of sp³-hybridized carbons (Fsp3) is 0.667. The van der Waals surface area contributed by atoms with Gasteiger partial charge in [-0.3, -0.25) is 4.99 Å². The summed E-state index contributed by atoms with van der Waals surface area (Å²) in [6.07, 6.45) is 4.78. The van der Waals surface area contributed by atoms with Crippen LogP contribution in [0, 0.1) is 0 Å². The number of benzene rings is 1. The number of likely N-dealkylation sites (tertiary alicyclic amines) is 1. The second-order valence-corrected chi connectivity index (χ2v) is 7.34. The van der Waals surface area contributed by atoms with Gasteiger partial charge in [0.2, 0.25) is 0 Å². The van der Waals surface area contributed by atoms with Crippen LogP contribution in [0.5, 0.6) is 0 Å². The number of halogens is 1. The molecule has 0 saturated carbocycles. The average Bonchev–Trinajstić information content (AvgIpc) is 2.66. The highest BCUT2D eigenvalue weighted by atomic mass is 127. The summed E-state index contributed by atoms with van der Waals surface area (Å²) in [5, 5.41) is 7.07. The smallest absolute Gasteiger partial charge is 0.191 e. The summed E-state index contributed by atoms with van der Waals surface area (Å²) in [5.74, 6) is 0.949. The first kappa shape index (κ1) is 24.2. The molecule has 1 saturated heterocycles. The van der Waals surface area contributed by atoms with E-state index in [4.69, 9.17) is 0 Å². The van der Waals surface area contributed by atoms with Crippen molar-refractivity contribution >= 4 is 29.9 Å². The highest BCUT2D eigenvalue weighted by Crippen LogP contribution is 2.10. The van der Waals surface area contributed by atoms with Gasteiger partial charge >= 0.3 is 0 Å². The predicted octanol–water partition coefficient (Wildman–Crippen LogP) is 3.17. The standard InChI is InChI=1S/C21H37N5.HI/c1-4-14-26-16-11-20(12-17-26)24-21(22-2)23-13-8-15-25(3)18-19-9-6-5-7-10-19;/h5-7,9-10,20H,4,8,11-18H2,1-3H3,(H2,22,23,24);1H. The van der Waals surface area contributed by atoms with E-state index >= 15 is 0 Å². The first-order valence-corrected chi connectivity index (χ1v) is 10.1. The van der Waals surface area contributed by atoms with Crippen molar-refractivity contribution in [2.24, 2.45) is 4.99 Å². The van der Waals surface area contributed by atoms with Crippen molar-refractivity contribution < 1.29 is 0 Å². The van der Waals surface area contributed by atoms with E-state index in [9.17, 15) is 0 Å². The molecule has 1 heterocycles. The lowest BCUT2D eigenvalue weighted by Crippen LogP contribution is -2.49. The number of aliphatic imine (C=N–C) groups is 1. The van der Waals surface area contributed by atoms with E-state index < -0.39 is 0 Å². The van der Waals surface area contributed by atoms with Gasteiger partial charge in [-0.15, -0.1) is 24.0 Å². The topological polar surface area (TPSA) is 42.9 Å². The van der Waals surface area contributed by atoms with Gasteiger partial charge in [0.1, 0.15) is 0 Å². The van der Waals surface area contributed by atoms with Gasteiger partial charge in [-0.2, -0.15) is 0 Å². The number of rotatable bonds is 9. The van der Waals surface area contributed by atoms with Crippen LogP contribution in [0.2, 0.25) is 0 Å². The highest BCUT2D eigenvalue weighted by Gasteiger charge is 2.19. The van der Waals surface area contributed by atoms with Crippen molar-refractivity contribution in [3.8, 4) is 0 Å². The van der Waals surface area contributed by atoms with Crippen molar-refractivity contribution in [3.05, 3.63) is 35.9 Å². The van der Waals surface area contributed by atoms with Crippen LogP contribution in [-0.4, -0.2) is 68.6 Å². The van der Waals surface area contributed by atoms with Crippen molar-refractivity contribution in [2.45, 2.75) is 45.2 Å². The van der Waals surface area contributed by atoms with Gasteiger partial charge in [0.25, 0.3) is 0 Å². The zero-order chi connectivity index (χ0) is 18.6. The monoisotopic (exact) mass is 487 g/mol. The average molecular weight is 487 g/mol. The van der Waals surface area contributed by atoms with Crippen LogP contribution in [0.3, 0.4) is 0 Å². The molecular formula is C21H38IN5. The molecule has 6 heteroatoms. The Balaban J connectivity index is 0.00000364. The SMILES string of the molecule is CCCN1CCC(NC(=NC)NCCCN(C)Cc2ccccc2)CC1.I. The van der Waals surface area contributed by atoms with Gasteiger partial charge in [0, 0.05) is 39.3 Å². The van der Waals surface area contributed by atoms with Crippen LogP contribution in [-0.2, 0) is 6.54 Å². The van der Waals surface area contributed by atoms with E-state index in [1.54, 1.807) is 0 Å². The normalized spacial score (nSPS) is 16.2. The summed E-state index contributed by atoms with van der Waals surface area (Å²) in [6.45, 7) is 8.93. The highest BCUT2D eigenvalue weighted by molar-refractivity contribution is 14.0. The van der Waals surface area contributed by atoms with Crippen molar-refractivity contribution in [2.75, 3.05) is 46.8 Å². The molecular weight excluding hydrogens is 449 g/mol. The molecule has 0 aromatic heterocycles. The van der Waals surface area contributed by atoms with E-state index in [-0.39, 0.29) is 24.0 Å². The molecule has 2 rings (SSSR count). The summed E-state index contributed by atoms with van der Waals surface area (Å²) in [4.78, 5) is 9.33. The Labute approximate surface area is 183 Å². The largest absolute Gasteiger partial charge is 0.356 e. The van der Waals surface area contributed by atoms with Crippen LogP contribution < -0.4 is 10.6 Å². The summed E-state index contributed by atoms with van der Waals surface area (Å²) < 4.78 is 0. The molecule has 1 aromatic carbocycles. The van der Waals surface area contributed by atoms with Crippen LogP contribution in [0.15, 0.2) is 35.3 Å². The molecule has 5 nitrogen and oxygen atoms in total. The summed E-state index contributed by atoms with van der Waals surface area (Å²) >= 11 is 0. The number of hydrogen-bond acceptors (Lipinski definition) is 3. The molecule has 0 aliphatic carbocycles. The number of nitrogens with zero attached hydrogens (tertiary/aromatic N) is 3. The Bertz CT molecular complexity index is 515. The summed E-state index contributed by atoms with van der Waals surface area (Å²) in [5.41, 5.74) is 1.37. The number of piperidine rings is 1. The molecule has 27 heavy (non-hydrogen) atoms. The molecule has 0 spiro atoms. The minimum Gasteiger partial charge on any atom is -0.356 e. The van der Waals surface area contributed by atoms with E-state index in [0.29, 0.717) is 6.04 Å². The minimum absolute atomic E-state index is 0. The second kappa shape index (κ2) is 14.2. The van der Waals surface area contributed by atoms with E-state index in [2.05, 4.69) is 69.7 Å². The minimum atomic E-state index is 0. The Kier molecular flexibility index (Phi) is 12.7. The van der Waals surface area contributed by atoms with Crippen molar-refractivity contribution in [1.29, 1.82) is 0 Å². The number of nitrogens with one attached hydrogen (secondary N) is 2.